The Morgan fingerprint density at radius 1 is 1.20 bits per heavy atom. The lowest BCUT2D eigenvalue weighted by molar-refractivity contribution is -0.370. The van der Waals surface area contributed by atoms with Crippen molar-refractivity contribution in [2.45, 2.75) is 40.2 Å². The molecule has 0 spiro atoms. The van der Waals surface area contributed by atoms with Gasteiger partial charge in [-0.05, 0) is 13.8 Å². The zero-order valence-electron chi connectivity index (χ0n) is 7.32. The van der Waals surface area contributed by atoms with Crippen LogP contribution in [0.15, 0.2) is 11.5 Å². The monoisotopic (exact) mass is 143 g/mol. The Labute approximate surface area is 62.5 Å². The lowest BCUT2D eigenvalue weighted by atomic mass is 10.2. The quantitative estimate of drug-likeness (QED) is 0.520. The van der Waals surface area contributed by atoms with Gasteiger partial charge in [0.15, 0.2) is 0 Å². The van der Waals surface area contributed by atoms with Crippen LogP contribution in [0.5, 0.6) is 0 Å². The van der Waals surface area contributed by atoms with E-state index in [1.807, 2.05) is 20.8 Å². The molecule has 0 aliphatic rings. The first-order chi connectivity index (χ1) is 4.33. The number of allylic oxidation sites excluding steroid dienone is 1. The van der Waals surface area contributed by atoms with E-state index >= 15 is 0 Å². The van der Waals surface area contributed by atoms with Gasteiger partial charge >= 0.3 is 0 Å². The van der Waals surface area contributed by atoms with Crippen LogP contribution in [0.4, 0.5) is 0 Å². The van der Waals surface area contributed by atoms with Crippen LogP contribution in [0.3, 0.4) is 0 Å². The molecule has 0 aromatic heterocycles. The summed E-state index contributed by atoms with van der Waals surface area (Å²) in [7, 11) is 0. The predicted molar refractivity (Wildman–Crippen MR) is 39.2 cm³/mol. The van der Waals surface area contributed by atoms with Crippen LogP contribution in [0.25, 0.3) is 0 Å². The van der Waals surface area contributed by atoms with E-state index in [1.165, 1.54) is 0 Å². The smallest absolute Gasteiger partial charge is 0.0503 e. The number of ether oxygens (including phenoxy) is 1. The van der Waals surface area contributed by atoms with E-state index in [0.29, 0.717) is 5.57 Å². The molecule has 0 aliphatic carbocycles. The van der Waals surface area contributed by atoms with Gasteiger partial charge in [0.05, 0.1) is 5.95 Å². The predicted octanol–water partition coefficient (Wildman–Crippen LogP) is 1.41. The molecule has 0 radical (unpaired) electrons. The number of rotatable bonds is 1. The Balaban J connectivity index is 4.06. The first-order valence-corrected chi connectivity index (χ1v) is 3.36. The summed E-state index contributed by atoms with van der Waals surface area (Å²) in [6.45, 7) is 9.05. The Morgan fingerprint density at radius 3 is 1.70 bits per heavy atom. The molecule has 0 amide bonds. The lowest BCUT2D eigenvalue weighted by Crippen LogP contribution is -2.24. The molecule has 2 heteroatoms. The molecular formula is C8H15O2-. The minimum absolute atomic E-state index is 0.215. The Morgan fingerprint density at radius 2 is 1.60 bits per heavy atom. The van der Waals surface area contributed by atoms with Gasteiger partial charge in [-0.1, -0.05) is 26.3 Å². The van der Waals surface area contributed by atoms with E-state index in [2.05, 4.69) is 0 Å². The summed E-state index contributed by atoms with van der Waals surface area (Å²) < 4.78 is 5.02. The van der Waals surface area contributed by atoms with Gasteiger partial charge in [-0.2, -0.15) is 0 Å². The summed E-state index contributed by atoms with van der Waals surface area (Å²) in [4.78, 5) is 0. The molecular weight excluding hydrogens is 128 g/mol. The maximum atomic E-state index is 10.9. The highest BCUT2D eigenvalue weighted by Crippen LogP contribution is 2.11. The molecule has 0 aliphatic heterocycles. The van der Waals surface area contributed by atoms with E-state index in [-0.39, 0.29) is 11.5 Å². The molecule has 0 N–H and O–H groups in total. The van der Waals surface area contributed by atoms with Crippen LogP contribution in [0.1, 0.15) is 34.6 Å². The minimum atomic E-state index is -0.367. The average Bonchev–Trinajstić information content (AvgIpc) is 1.60. The highest BCUT2D eigenvalue weighted by atomic mass is 16.6. The zero-order valence-corrected chi connectivity index (χ0v) is 7.32. The summed E-state index contributed by atoms with van der Waals surface area (Å²) >= 11 is 0. The van der Waals surface area contributed by atoms with Gasteiger partial charge in [0.2, 0.25) is 0 Å². The SMILES string of the molecule is CC(C)=C([O-])OC(C)(C)C. The van der Waals surface area contributed by atoms with Crippen LogP contribution >= 0.6 is 0 Å². The van der Waals surface area contributed by atoms with E-state index in [4.69, 9.17) is 4.74 Å². The topological polar surface area (TPSA) is 32.3 Å². The second-order valence-corrected chi connectivity index (χ2v) is 3.50. The zero-order chi connectivity index (χ0) is 8.36. The molecule has 0 bridgehead atoms. The van der Waals surface area contributed by atoms with Crippen LogP contribution in [0, 0.1) is 0 Å². The van der Waals surface area contributed by atoms with Gasteiger partial charge in [0.1, 0.15) is 0 Å². The summed E-state index contributed by atoms with van der Waals surface area (Å²) in [6.07, 6.45) is 0. The van der Waals surface area contributed by atoms with E-state index in [0.717, 1.165) is 0 Å². The summed E-state index contributed by atoms with van der Waals surface area (Å²) in [6, 6.07) is 0. The van der Waals surface area contributed by atoms with Crippen LogP contribution in [-0.2, 0) is 4.74 Å². The maximum Gasteiger partial charge on any atom is 0.0503 e. The summed E-state index contributed by atoms with van der Waals surface area (Å²) in [5.74, 6) is -0.215. The second kappa shape index (κ2) is 2.95. The van der Waals surface area contributed by atoms with E-state index in [1.54, 1.807) is 13.8 Å². The van der Waals surface area contributed by atoms with Crippen LogP contribution < -0.4 is 5.11 Å². The third-order valence-corrected chi connectivity index (χ3v) is 0.807. The fourth-order valence-corrected chi connectivity index (χ4v) is 0.380. The molecule has 0 aromatic rings. The van der Waals surface area contributed by atoms with Gasteiger partial charge in [-0.3, -0.25) is 0 Å². The van der Waals surface area contributed by atoms with Gasteiger partial charge in [0, 0.05) is 5.60 Å². The number of hydrogen-bond donors (Lipinski definition) is 0. The number of hydrogen-bond acceptors (Lipinski definition) is 2. The second-order valence-electron chi connectivity index (χ2n) is 3.50. The van der Waals surface area contributed by atoms with Crippen molar-refractivity contribution in [2.24, 2.45) is 0 Å². The minimum Gasteiger partial charge on any atom is -0.608 e. The Kier molecular flexibility index (Phi) is 2.76. The molecule has 0 saturated heterocycles. The standard InChI is InChI=1S/C8H16O2/c1-6(2)7(9)10-8(3,4)5/h9H,1-5H3/p-1. The first-order valence-electron chi connectivity index (χ1n) is 3.36. The van der Waals surface area contributed by atoms with Crippen molar-refractivity contribution in [1.29, 1.82) is 0 Å². The third-order valence-electron chi connectivity index (χ3n) is 0.807. The van der Waals surface area contributed by atoms with Crippen molar-refractivity contribution in [3.05, 3.63) is 11.5 Å². The molecule has 0 aromatic carbocycles. The first kappa shape index (κ1) is 9.34. The van der Waals surface area contributed by atoms with Crippen molar-refractivity contribution in [2.75, 3.05) is 0 Å². The highest BCUT2D eigenvalue weighted by Gasteiger charge is 2.03. The van der Waals surface area contributed by atoms with Crippen molar-refractivity contribution < 1.29 is 9.84 Å². The molecule has 0 saturated carbocycles. The maximum absolute atomic E-state index is 10.9. The van der Waals surface area contributed by atoms with Crippen LogP contribution in [-0.4, -0.2) is 5.60 Å². The van der Waals surface area contributed by atoms with Gasteiger partial charge in [0.25, 0.3) is 0 Å². The van der Waals surface area contributed by atoms with E-state index in [9.17, 15) is 5.11 Å². The molecule has 0 atom stereocenters. The molecule has 0 fully saturated rings. The van der Waals surface area contributed by atoms with E-state index < -0.39 is 0 Å². The normalized spacial score (nSPS) is 10.9. The largest absolute Gasteiger partial charge is 0.608 e. The molecule has 0 rings (SSSR count). The Bertz CT molecular complexity index is 136. The lowest BCUT2D eigenvalue weighted by Gasteiger charge is -2.31. The molecule has 0 heterocycles. The summed E-state index contributed by atoms with van der Waals surface area (Å²) in [5.41, 5.74) is 0.323. The van der Waals surface area contributed by atoms with Gasteiger partial charge < -0.3 is 9.84 Å². The van der Waals surface area contributed by atoms with Crippen molar-refractivity contribution >= 4 is 0 Å². The van der Waals surface area contributed by atoms with Crippen LogP contribution in [0.2, 0.25) is 0 Å². The van der Waals surface area contributed by atoms with Gasteiger partial charge in [-0.25, -0.2) is 0 Å². The molecule has 60 valence electrons. The summed E-state index contributed by atoms with van der Waals surface area (Å²) in [5, 5.41) is 10.9. The average molecular weight is 143 g/mol. The highest BCUT2D eigenvalue weighted by molar-refractivity contribution is 4.93. The van der Waals surface area contributed by atoms with Crippen molar-refractivity contribution in [3.63, 3.8) is 0 Å². The third kappa shape index (κ3) is 4.24. The van der Waals surface area contributed by atoms with Crippen molar-refractivity contribution in [3.8, 4) is 0 Å². The molecule has 0 unspecified atom stereocenters. The fraction of sp³-hybridized carbons (Fsp3) is 0.750. The Hall–Kier alpha value is -0.660. The van der Waals surface area contributed by atoms with Gasteiger partial charge in [-0.15, -0.1) is 0 Å². The molecule has 2 nitrogen and oxygen atoms in total. The fourth-order valence-electron chi connectivity index (χ4n) is 0.380. The molecule has 10 heavy (non-hydrogen) atoms. The van der Waals surface area contributed by atoms with Crippen molar-refractivity contribution in [1.82, 2.24) is 0 Å².